The first-order valence-electron chi connectivity index (χ1n) is 8.06. The second-order valence-electron chi connectivity index (χ2n) is 5.90. The Bertz CT molecular complexity index is 1220. The van der Waals surface area contributed by atoms with E-state index in [1.54, 1.807) is 30.6 Å². The molecule has 2 aromatic carbocycles. The van der Waals surface area contributed by atoms with E-state index in [-0.39, 0.29) is 0 Å². The number of aromatic nitrogens is 2. The Kier molecular flexibility index (Phi) is 6.17. The van der Waals surface area contributed by atoms with Crippen molar-refractivity contribution in [1.29, 1.82) is 0 Å². The standard InChI is InChI=1S/C10H9BrN2O2S.C9H7BrN2/c1-16(14,15)13-9-5-4-8(11)7-3-2-6-12-10(7)9;10-7-3-4-8(11)9-6(7)2-1-5-12-9/h2-6,13H,1H3;1-5H,11H2. The van der Waals surface area contributed by atoms with Gasteiger partial charge in [0.15, 0.2) is 0 Å². The van der Waals surface area contributed by atoms with Crippen LogP contribution in [0.25, 0.3) is 21.8 Å². The second-order valence-corrected chi connectivity index (χ2v) is 9.36. The highest BCUT2D eigenvalue weighted by Gasteiger charge is 2.08. The fraction of sp³-hybridized carbons (Fsp3) is 0.0526. The Morgan fingerprint density at radius 3 is 1.96 bits per heavy atom. The van der Waals surface area contributed by atoms with E-state index in [9.17, 15) is 8.42 Å². The maximum Gasteiger partial charge on any atom is 0.229 e. The zero-order valence-corrected chi connectivity index (χ0v) is 18.7. The molecule has 3 N–H and O–H groups in total. The molecule has 144 valence electrons. The van der Waals surface area contributed by atoms with Crippen LogP contribution < -0.4 is 10.5 Å². The molecule has 0 atom stereocenters. The fourth-order valence-corrected chi connectivity index (χ4v) is 4.05. The number of nitrogen functional groups attached to an aromatic ring is 1. The van der Waals surface area contributed by atoms with Crippen LogP contribution in [-0.2, 0) is 10.0 Å². The van der Waals surface area contributed by atoms with E-state index in [1.165, 1.54) is 0 Å². The number of nitrogens with zero attached hydrogens (tertiary/aromatic N) is 2. The number of anilines is 2. The van der Waals surface area contributed by atoms with Crippen molar-refractivity contribution < 1.29 is 8.42 Å². The average Bonchev–Trinajstić information content (AvgIpc) is 2.67. The van der Waals surface area contributed by atoms with Gasteiger partial charge >= 0.3 is 0 Å². The van der Waals surface area contributed by atoms with Gasteiger partial charge in [-0.25, -0.2) is 8.42 Å². The van der Waals surface area contributed by atoms with E-state index in [0.717, 1.165) is 31.5 Å². The Morgan fingerprint density at radius 1 is 0.857 bits per heavy atom. The highest BCUT2D eigenvalue weighted by atomic mass is 79.9. The molecule has 0 aliphatic rings. The molecule has 0 unspecified atom stereocenters. The van der Waals surface area contributed by atoms with Crippen LogP contribution in [0, 0.1) is 0 Å². The SMILES string of the molecule is CS(=O)(=O)Nc1ccc(Br)c2cccnc12.Nc1ccc(Br)c2cccnc12. The molecule has 9 heteroatoms. The minimum Gasteiger partial charge on any atom is -0.397 e. The summed E-state index contributed by atoms with van der Waals surface area (Å²) in [6.45, 7) is 0. The summed E-state index contributed by atoms with van der Waals surface area (Å²) in [5.41, 5.74) is 8.43. The van der Waals surface area contributed by atoms with Gasteiger partial charge in [0, 0.05) is 32.1 Å². The molecule has 0 saturated heterocycles. The number of benzene rings is 2. The van der Waals surface area contributed by atoms with Crippen LogP contribution in [0.1, 0.15) is 0 Å². The third-order valence-electron chi connectivity index (χ3n) is 3.76. The second kappa shape index (κ2) is 8.42. The topological polar surface area (TPSA) is 98.0 Å². The minimum atomic E-state index is -3.29. The summed E-state index contributed by atoms with van der Waals surface area (Å²) in [5, 5.41) is 1.92. The first-order valence-corrected chi connectivity index (χ1v) is 11.5. The average molecular weight is 524 g/mol. The van der Waals surface area contributed by atoms with Gasteiger partial charge in [-0.05, 0) is 36.4 Å². The Hall–Kier alpha value is -2.23. The van der Waals surface area contributed by atoms with Gasteiger partial charge in [0.2, 0.25) is 10.0 Å². The van der Waals surface area contributed by atoms with Gasteiger partial charge in [-0.1, -0.05) is 44.0 Å². The molecule has 6 nitrogen and oxygen atoms in total. The summed E-state index contributed by atoms with van der Waals surface area (Å²) in [5.74, 6) is 0. The highest BCUT2D eigenvalue weighted by Crippen LogP contribution is 2.28. The van der Waals surface area contributed by atoms with Gasteiger partial charge in [0.25, 0.3) is 0 Å². The van der Waals surface area contributed by atoms with Crippen molar-refractivity contribution in [2.45, 2.75) is 0 Å². The fourth-order valence-electron chi connectivity index (χ4n) is 2.58. The Morgan fingerprint density at radius 2 is 1.39 bits per heavy atom. The molecule has 28 heavy (non-hydrogen) atoms. The van der Waals surface area contributed by atoms with Crippen LogP contribution in [0.3, 0.4) is 0 Å². The molecule has 4 rings (SSSR count). The van der Waals surface area contributed by atoms with E-state index in [4.69, 9.17) is 5.73 Å². The predicted molar refractivity (Wildman–Crippen MR) is 122 cm³/mol. The zero-order chi connectivity index (χ0) is 20.3. The van der Waals surface area contributed by atoms with Crippen LogP contribution in [0.2, 0.25) is 0 Å². The monoisotopic (exact) mass is 522 g/mol. The summed E-state index contributed by atoms with van der Waals surface area (Å²) in [7, 11) is -3.29. The largest absolute Gasteiger partial charge is 0.397 e. The van der Waals surface area contributed by atoms with Crippen molar-refractivity contribution >= 4 is 75.1 Å². The van der Waals surface area contributed by atoms with E-state index < -0.39 is 10.0 Å². The lowest BCUT2D eigenvalue weighted by Crippen LogP contribution is -2.10. The summed E-state index contributed by atoms with van der Waals surface area (Å²) in [6.07, 6.45) is 4.48. The van der Waals surface area contributed by atoms with Gasteiger partial charge in [0.1, 0.15) is 0 Å². The number of halogens is 2. The summed E-state index contributed by atoms with van der Waals surface area (Å²) in [4.78, 5) is 8.36. The molecular weight excluding hydrogens is 508 g/mol. The van der Waals surface area contributed by atoms with E-state index in [2.05, 4.69) is 46.5 Å². The van der Waals surface area contributed by atoms with Crippen molar-refractivity contribution in [3.05, 3.63) is 69.9 Å². The number of hydrogen-bond acceptors (Lipinski definition) is 5. The van der Waals surface area contributed by atoms with Crippen molar-refractivity contribution in [2.24, 2.45) is 0 Å². The number of hydrogen-bond donors (Lipinski definition) is 2. The smallest absolute Gasteiger partial charge is 0.229 e. The molecular formula is C19H16Br2N4O2S. The molecule has 2 heterocycles. The van der Waals surface area contributed by atoms with Gasteiger partial charge in [-0.15, -0.1) is 0 Å². The zero-order valence-electron chi connectivity index (χ0n) is 14.7. The number of rotatable bonds is 2. The van der Waals surface area contributed by atoms with E-state index in [0.29, 0.717) is 16.9 Å². The lowest BCUT2D eigenvalue weighted by atomic mass is 10.2. The summed E-state index contributed by atoms with van der Waals surface area (Å²) in [6, 6.07) is 14.8. The molecule has 0 aliphatic carbocycles. The van der Waals surface area contributed by atoms with Crippen LogP contribution in [0.4, 0.5) is 11.4 Å². The van der Waals surface area contributed by atoms with Crippen molar-refractivity contribution in [2.75, 3.05) is 16.7 Å². The van der Waals surface area contributed by atoms with E-state index >= 15 is 0 Å². The maximum atomic E-state index is 11.2. The van der Waals surface area contributed by atoms with Gasteiger partial charge < -0.3 is 5.73 Å². The quantitative estimate of drug-likeness (QED) is 0.362. The van der Waals surface area contributed by atoms with Crippen LogP contribution in [0.5, 0.6) is 0 Å². The number of fused-ring (bicyclic) bond motifs is 2. The lowest BCUT2D eigenvalue weighted by Gasteiger charge is -2.08. The summed E-state index contributed by atoms with van der Waals surface area (Å²) < 4.78 is 26.7. The molecule has 0 bridgehead atoms. The number of sulfonamides is 1. The molecule has 0 aliphatic heterocycles. The van der Waals surface area contributed by atoms with Crippen LogP contribution >= 0.6 is 31.9 Å². The molecule has 0 spiro atoms. The van der Waals surface area contributed by atoms with Crippen molar-refractivity contribution in [1.82, 2.24) is 9.97 Å². The molecule has 0 saturated carbocycles. The normalized spacial score (nSPS) is 11.1. The minimum absolute atomic E-state index is 0.487. The van der Waals surface area contributed by atoms with Crippen LogP contribution in [0.15, 0.2) is 69.9 Å². The predicted octanol–water partition coefficient (Wildman–Crippen LogP) is 4.95. The Labute approximate surface area is 179 Å². The molecule has 4 aromatic rings. The van der Waals surface area contributed by atoms with Gasteiger partial charge in [-0.3, -0.25) is 14.7 Å². The van der Waals surface area contributed by atoms with Gasteiger partial charge in [0.05, 0.1) is 28.7 Å². The lowest BCUT2D eigenvalue weighted by molar-refractivity contribution is 0.607. The molecule has 0 amide bonds. The third-order valence-corrected chi connectivity index (χ3v) is 5.73. The van der Waals surface area contributed by atoms with Gasteiger partial charge in [-0.2, -0.15) is 0 Å². The first kappa shape index (κ1) is 20.5. The van der Waals surface area contributed by atoms with Crippen LogP contribution in [-0.4, -0.2) is 24.6 Å². The molecule has 2 aromatic heterocycles. The Balaban J connectivity index is 0.000000167. The highest BCUT2D eigenvalue weighted by molar-refractivity contribution is 9.11. The van der Waals surface area contributed by atoms with Crippen molar-refractivity contribution in [3.63, 3.8) is 0 Å². The number of nitrogens with two attached hydrogens (primary N) is 1. The van der Waals surface area contributed by atoms with Crippen molar-refractivity contribution in [3.8, 4) is 0 Å². The van der Waals surface area contributed by atoms with E-state index in [1.807, 2.05) is 30.3 Å². The molecule has 0 fully saturated rings. The third kappa shape index (κ3) is 4.78. The molecule has 0 radical (unpaired) electrons. The maximum absolute atomic E-state index is 11.2. The summed E-state index contributed by atoms with van der Waals surface area (Å²) >= 11 is 6.83. The number of nitrogens with one attached hydrogen (secondary N) is 1. The first-order chi connectivity index (χ1) is 13.3. The number of pyridine rings is 2.